The van der Waals surface area contributed by atoms with Gasteiger partial charge in [0.15, 0.2) is 5.96 Å². The number of anilines is 1. The van der Waals surface area contributed by atoms with Gasteiger partial charge in [-0.15, -0.1) is 24.0 Å². The normalized spacial score (nSPS) is 15.7. The number of guanidine groups is 1. The van der Waals surface area contributed by atoms with Crippen LogP contribution in [0.25, 0.3) is 0 Å². The lowest BCUT2D eigenvalue weighted by Crippen LogP contribution is -2.40. The molecule has 1 unspecified atom stereocenters. The van der Waals surface area contributed by atoms with Crippen LogP contribution in [0.5, 0.6) is 0 Å². The van der Waals surface area contributed by atoms with Gasteiger partial charge in [0.1, 0.15) is 0 Å². The molecule has 7 heteroatoms. The summed E-state index contributed by atoms with van der Waals surface area (Å²) in [7, 11) is 1.78. The summed E-state index contributed by atoms with van der Waals surface area (Å²) >= 11 is 0. The molecule has 3 rings (SSSR count). The molecule has 1 amide bonds. The fraction of sp³-hybridized carbons (Fsp3) is 0.417. The van der Waals surface area contributed by atoms with Gasteiger partial charge in [-0.2, -0.15) is 0 Å². The maximum Gasteiger partial charge on any atom is 0.225 e. The third-order valence-corrected chi connectivity index (χ3v) is 5.70. The lowest BCUT2D eigenvalue weighted by atomic mass is 9.90. The Morgan fingerprint density at radius 3 is 2.45 bits per heavy atom. The number of amides is 1. The van der Waals surface area contributed by atoms with Crippen LogP contribution in [-0.2, 0) is 17.9 Å². The molecular weight excluding hydrogens is 501 g/mol. The number of nitrogens with one attached hydrogen (secondary N) is 3. The van der Waals surface area contributed by atoms with E-state index in [1.54, 1.807) is 7.05 Å². The number of aliphatic imine (C=N–C) groups is 1. The molecule has 3 N–H and O–H groups in total. The molecule has 0 aromatic heterocycles. The highest BCUT2D eigenvalue weighted by molar-refractivity contribution is 14.0. The van der Waals surface area contributed by atoms with Crippen molar-refractivity contribution in [2.75, 3.05) is 32.0 Å². The van der Waals surface area contributed by atoms with E-state index in [-0.39, 0.29) is 35.8 Å². The zero-order valence-corrected chi connectivity index (χ0v) is 21.0. The number of hydrogen-bond acceptors (Lipinski definition) is 3. The van der Waals surface area contributed by atoms with Gasteiger partial charge in [0.05, 0.1) is 0 Å². The Kier molecular flexibility index (Phi) is 10.3. The van der Waals surface area contributed by atoms with Crippen molar-refractivity contribution < 1.29 is 4.79 Å². The number of benzene rings is 2. The van der Waals surface area contributed by atoms with Gasteiger partial charge in [0.2, 0.25) is 5.91 Å². The third kappa shape index (κ3) is 6.93. The number of fused-ring (bicyclic) bond motifs is 1. The topological polar surface area (TPSA) is 68.8 Å². The van der Waals surface area contributed by atoms with Gasteiger partial charge in [-0.3, -0.25) is 14.7 Å². The smallest absolute Gasteiger partial charge is 0.225 e. The Hall–Kier alpha value is -2.13. The predicted molar refractivity (Wildman–Crippen MR) is 139 cm³/mol. The molecule has 1 atom stereocenters. The van der Waals surface area contributed by atoms with Crippen LogP contribution < -0.4 is 16.0 Å². The number of halogens is 1. The molecule has 168 valence electrons. The lowest BCUT2D eigenvalue weighted by Gasteiger charge is -2.26. The van der Waals surface area contributed by atoms with Crippen LogP contribution in [0.1, 0.15) is 42.9 Å². The summed E-state index contributed by atoms with van der Waals surface area (Å²) in [5, 5.41) is 9.78. The maximum absolute atomic E-state index is 12.0. The Balaban J connectivity index is 0.00000341. The van der Waals surface area contributed by atoms with E-state index in [9.17, 15) is 4.79 Å². The molecule has 0 spiro atoms. The number of rotatable bonds is 8. The number of para-hydroxylation sites is 1. The fourth-order valence-corrected chi connectivity index (χ4v) is 3.88. The van der Waals surface area contributed by atoms with Crippen molar-refractivity contribution >= 4 is 41.5 Å². The molecule has 0 bridgehead atoms. The van der Waals surface area contributed by atoms with E-state index in [0.29, 0.717) is 19.5 Å². The Morgan fingerprint density at radius 2 is 1.74 bits per heavy atom. The van der Waals surface area contributed by atoms with Crippen molar-refractivity contribution in [1.29, 1.82) is 0 Å². The number of carbonyl (C=O) groups excluding carboxylic acids is 1. The summed E-state index contributed by atoms with van der Waals surface area (Å²) in [4.78, 5) is 18.8. The van der Waals surface area contributed by atoms with Crippen molar-refractivity contribution in [2.24, 2.45) is 4.99 Å². The lowest BCUT2D eigenvalue weighted by molar-refractivity contribution is -0.116. The molecule has 0 saturated heterocycles. The van der Waals surface area contributed by atoms with E-state index in [0.717, 1.165) is 31.3 Å². The van der Waals surface area contributed by atoms with Gasteiger partial charge in [0, 0.05) is 44.7 Å². The summed E-state index contributed by atoms with van der Waals surface area (Å²) in [6, 6.07) is 16.6. The van der Waals surface area contributed by atoms with Crippen LogP contribution in [0.3, 0.4) is 0 Å². The van der Waals surface area contributed by atoms with Gasteiger partial charge < -0.3 is 16.0 Å². The molecule has 6 nitrogen and oxygen atoms in total. The van der Waals surface area contributed by atoms with Crippen molar-refractivity contribution in [3.63, 3.8) is 0 Å². The van der Waals surface area contributed by atoms with Gasteiger partial charge in [0.25, 0.3) is 0 Å². The molecule has 1 aliphatic heterocycles. The number of carbonyl (C=O) groups is 1. The molecule has 31 heavy (non-hydrogen) atoms. The van der Waals surface area contributed by atoms with Crippen LogP contribution in [0.4, 0.5) is 5.69 Å². The van der Waals surface area contributed by atoms with Gasteiger partial charge in [-0.1, -0.05) is 56.3 Å². The van der Waals surface area contributed by atoms with Gasteiger partial charge >= 0.3 is 0 Å². The largest absolute Gasteiger partial charge is 0.356 e. The Morgan fingerprint density at radius 1 is 1.06 bits per heavy atom. The highest BCUT2D eigenvalue weighted by Gasteiger charge is 2.24. The highest BCUT2D eigenvalue weighted by atomic mass is 127. The standard InChI is InChI=1S/C24H33N5O.HI/c1-4-29(5-2)17-19-11-7-6-10-18(19)15-26-24(25-3)27-16-20-14-23(30)28-22-13-9-8-12-21(20)22;/h6-13,20H,4-5,14-17H2,1-3H3,(H,28,30)(H2,25,26,27);1H. The van der Waals surface area contributed by atoms with E-state index < -0.39 is 0 Å². The van der Waals surface area contributed by atoms with Crippen LogP contribution in [0.15, 0.2) is 53.5 Å². The second-order valence-corrected chi connectivity index (χ2v) is 7.57. The molecule has 1 aliphatic rings. The summed E-state index contributed by atoms with van der Waals surface area (Å²) in [6.45, 7) is 8.78. The van der Waals surface area contributed by atoms with E-state index in [2.05, 4.69) is 70.0 Å². The molecule has 2 aromatic rings. The maximum atomic E-state index is 12.0. The molecule has 0 aliphatic carbocycles. The van der Waals surface area contributed by atoms with E-state index in [1.165, 1.54) is 16.7 Å². The third-order valence-electron chi connectivity index (χ3n) is 5.70. The molecular formula is C24H34IN5O. The second kappa shape index (κ2) is 12.7. The van der Waals surface area contributed by atoms with Crippen LogP contribution in [0, 0.1) is 0 Å². The zero-order chi connectivity index (χ0) is 21.3. The minimum atomic E-state index is 0. The van der Waals surface area contributed by atoms with Gasteiger partial charge in [-0.05, 0) is 35.8 Å². The van der Waals surface area contributed by atoms with Crippen molar-refractivity contribution in [2.45, 2.75) is 39.3 Å². The minimum Gasteiger partial charge on any atom is -0.356 e. The first kappa shape index (κ1) is 25.1. The van der Waals surface area contributed by atoms with E-state index in [4.69, 9.17) is 0 Å². The average molecular weight is 535 g/mol. The molecule has 0 fully saturated rings. The highest BCUT2D eigenvalue weighted by Crippen LogP contribution is 2.31. The molecule has 1 heterocycles. The Bertz CT molecular complexity index is 882. The Labute approximate surface area is 202 Å². The van der Waals surface area contributed by atoms with E-state index in [1.807, 2.05) is 18.2 Å². The van der Waals surface area contributed by atoms with Crippen LogP contribution in [-0.4, -0.2) is 43.4 Å². The molecule has 2 aromatic carbocycles. The first-order valence-corrected chi connectivity index (χ1v) is 10.8. The first-order valence-electron chi connectivity index (χ1n) is 10.8. The minimum absolute atomic E-state index is 0. The summed E-state index contributed by atoms with van der Waals surface area (Å²) < 4.78 is 0. The summed E-state index contributed by atoms with van der Waals surface area (Å²) in [6.07, 6.45) is 0.480. The van der Waals surface area contributed by atoms with Crippen LogP contribution >= 0.6 is 24.0 Å². The van der Waals surface area contributed by atoms with Crippen LogP contribution in [0.2, 0.25) is 0 Å². The fourth-order valence-electron chi connectivity index (χ4n) is 3.88. The quantitative estimate of drug-likeness (QED) is 0.272. The predicted octanol–water partition coefficient (Wildman–Crippen LogP) is 3.94. The summed E-state index contributed by atoms with van der Waals surface area (Å²) in [5.74, 6) is 0.938. The first-order chi connectivity index (χ1) is 14.6. The van der Waals surface area contributed by atoms with E-state index >= 15 is 0 Å². The summed E-state index contributed by atoms with van der Waals surface area (Å²) in [5.41, 5.74) is 4.69. The van der Waals surface area contributed by atoms with Gasteiger partial charge in [-0.25, -0.2) is 0 Å². The monoisotopic (exact) mass is 535 g/mol. The molecule has 0 saturated carbocycles. The second-order valence-electron chi connectivity index (χ2n) is 7.57. The van der Waals surface area contributed by atoms with Crippen molar-refractivity contribution in [3.05, 3.63) is 65.2 Å². The zero-order valence-electron chi connectivity index (χ0n) is 18.6. The van der Waals surface area contributed by atoms with Crippen molar-refractivity contribution in [3.8, 4) is 0 Å². The number of nitrogens with zero attached hydrogens (tertiary/aromatic N) is 2. The average Bonchev–Trinajstić information content (AvgIpc) is 2.78. The molecule has 0 radical (unpaired) electrons. The van der Waals surface area contributed by atoms with Crippen molar-refractivity contribution in [1.82, 2.24) is 15.5 Å². The SMILES string of the molecule is CCN(CC)Cc1ccccc1CNC(=NC)NCC1CC(=O)Nc2ccccc21.I. The number of hydrogen-bond donors (Lipinski definition) is 3.